The van der Waals surface area contributed by atoms with Crippen molar-refractivity contribution >= 4 is 5.82 Å². The fourth-order valence-electron chi connectivity index (χ4n) is 2.70. The molecular weight excluding hydrogens is 320 g/mol. The average Bonchev–Trinajstić information content (AvgIpc) is 3.05. The van der Waals surface area contributed by atoms with Crippen LogP contribution in [0.15, 0.2) is 16.9 Å². The highest BCUT2D eigenvalue weighted by Gasteiger charge is 2.28. The van der Waals surface area contributed by atoms with E-state index in [1.165, 1.54) is 12.4 Å². The second-order valence-corrected chi connectivity index (χ2v) is 5.97. The molecule has 2 aromatic heterocycles. The second kappa shape index (κ2) is 7.06. The van der Waals surface area contributed by atoms with Crippen LogP contribution in [0.5, 0.6) is 5.88 Å². The standard InChI is InChI=1S/C15H19F2N5O2/c1-9(2)13-20-11(21-24-13)10-3-7-22(8-4-10)12-14(23-15(16)17)19-6-5-18-12/h5-6,9-10,15H,3-4,7-8H2,1-2H3. The number of aromatic nitrogens is 4. The zero-order chi connectivity index (χ0) is 17.1. The van der Waals surface area contributed by atoms with E-state index in [9.17, 15) is 8.78 Å². The van der Waals surface area contributed by atoms with Gasteiger partial charge in [0.25, 0.3) is 5.88 Å². The van der Waals surface area contributed by atoms with Crippen molar-refractivity contribution in [1.29, 1.82) is 0 Å². The van der Waals surface area contributed by atoms with E-state index in [1.54, 1.807) is 0 Å². The number of rotatable bonds is 5. The molecule has 0 spiro atoms. The van der Waals surface area contributed by atoms with Crippen LogP contribution in [0.2, 0.25) is 0 Å². The van der Waals surface area contributed by atoms with Gasteiger partial charge in [0.15, 0.2) is 11.6 Å². The summed E-state index contributed by atoms with van der Waals surface area (Å²) in [5, 5.41) is 4.06. The summed E-state index contributed by atoms with van der Waals surface area (Å²) in [5.41, 5.74) is 0. The average molecular weight is 339 g/mol. The van der Waals surface area contributed by atoms with Crippen molar-refractivity contribution in [1.82, 2.24) is 20.1 Å². The lowest BCUT2D eigenvalue weighted by Crippen LogP contribution is -2.34. The van der Waals surface area contributed by atoms with Gasteiger partial charge in [-0.05, 0) is 12.8 Å². The van der Waals surface area contributed by atoms with Crippen LogP contribution in [0, 0.1) is 0 Å². The normalized spacial score (nSPS) is 16.2. The summed E-state index contributed by atoms with van der Waals surface area (Å²) in [4.78, 5) is 14.3. The first-order valence-electron chi connectivity index (χ1n) is 7.89. The number of alkyl halides is 2. The highest BCUT2D eigenvalue weighted by atomic mass is 19.3. The number of ether oxygens (including phenoxy) is 1. The van der Waals surface area contributed by atoms with Crippen LogP contribution in [0.25, 0.3) is 0 Å². The lowest BCUT2D eigenvalue weighted by Gasteiger charge is -2.31. The predicted molar refractivity (Wildman–Crippen MR) is 81.2 cm³/mol. The molecule has 24 heavy (non-hydrogen) atoms. The third-order valence-corrected chi connectivity index (χ3v) is 3.96. The molecule has 3 rings (SSSR count). The molecule has 0 aliphatic carbocycles. The second-order valence-electron chi connectivity index (χ2n) is 5.97. The molecule has 130 valence electrons. The van der Waals surface area contributed by atoms with Crippen molar-refractivity contribution in [3.05, 3.63) is 24.1 Å². The first kappa shape index (κ1) is 16.5. The SMILES string of the molecule is CC(C)c1nc(C2CCN(c3nccnc3OC(F)F)CC2)no1. The Labute approximate surface area is 138 Å². The van der Waals surface area contributed by atoms with Gasteiger partial charge in [-0.15, -0.1) is 0 Å². The lowest BCUT2D eigenvalue weighted by molar-refractivity contribution is -0.0527. The van der Waals surface area contributed by atoms with E-state index >= 15 is 0 Å². The van der Waals surface area contributed by atoms with Crippen molar-refractivity contribution in [3.63, 3.8) is 0 Å². The zero-order valence-corrected chi connectivity index (χ0v) is 13.5. The van der Waals surface area contributed by atoms with Gasteiger partial charge in [0.2, 0.25) is 5.89 Å². The summed E-state index contributed by atoms with van der Waals surface area (Å²) in [5.74, 6) is 1.92. The molecule has 0 aromatic carbocycles. The van der Waals surface area contributed by atoms with Crippen LogP contribution in [-0.2, 0) is 0 Å². The van der Waals surface area contributed by atoms with Gasteiger partial charge in [0.05, 0.1) is 0 Å². The molecular formula is C15H19F2N5O2. The molecule has 2 aromatic rings. The van der Waals surface area contributed by atoms with Crippen LogP contribution in [-0.4, -0.2) is 39.8 Å². The minimum Gasteiger partial charge on any atom is -0.413 e. The number of halogens is 2. The van der Waals surface area contributed by atoms with E-state index in [2.05, 4.69) is 24.8 Å². The van der Waals surface area contributed by atoms with Crippen LogP contribution in [0.1, 0.15) is 50.2 Å². The van der Waals surface area contributed by atoms with Gasteiger partial charge >= 0.3 is 6.61 Å². The predicted octanol–water partition coefficient (Wildman–Crippen LogP) is 2.97. The molecule has 7 nitrogen and oxygen atoms in total. The van der Waals surface area contributed by atoms with Gasteiger partial charge in [-0.3, -0.25) is 0 Å². The lowest BCUT2D eigenvalue weighted by atomic mass is 9.96. The molecule has 0 amide bonds. The molecule has 0 N–H and O–H groups in total. The van der Waals surface area contributed by atoms with Crippen molar-refractivity contribution < 1.29 is 18.0 Å². The van der Waals surface area contributed by atoms with Gasteiger partial charge in [-0.25, -0.2) is 9.97 Å². The smallest absolute Gasteiger partial charge is 0.388 e. The first-order valence-corrected chi connectivity index (χ1v) is 7.89. The maximum atomic E-state index is 12.5. The van der Waals surface area contributed by atoms with E-state index in [0.717, 1.165) is 12.8 Å². The number of nitrogens with zero attached hydrogens (tertiary/aromatic N) is 5. The third-order valence-electron chi connectivity index (χ3n) is 3.96. The third kappa shape index (κ3) is 3.60. The molecule has 1 aliphatic rings. The molecule has 0 saturated carbocycles. The monoisotopic (exact) mass is 339 g/mol. The number of hydrogen-bond acceptors (Lipinski definition) is 7. The Balaban J connectivity index is 1.67. The summed E-state index contributed by atoms with van der Waals surface area (Å²) in [6, 6.07) is 0. The van der Waals surface area contributed by atoms with E-state index < -0.39 is 6.61 Å². The quantitative estimate of drug-likeness (QED) is 0.828. The fourth-order valence-corrected chi connectivity index (χ4v) is 2.70. The van der Waals surface area contributed by atoms with Crippen LogP contribution in [0.3, 0.4) is 0 Å². The topological polar surface area (TPSA) is 77.2 Å². The fraction of sp³-hybridized carbons (Fsp3) is 0.600. The van der Waals surface area contributed by atoms with E-state index in [0.29, 0.717) is 30.6 Å². The highest BCUT2D eigenvalue weighted by molar-refractivity contribution is 5.48. The molecule has 9 heteroatoms. The zero-order valence-electron chi connectivity index (χ0n) is 13.5. The minimum atomic E-state index is -2.92. The van der Waals surface area contributed by atoms with Crippen LogP contribution in [0.4, 0.5) is 14.6 Å². The minimum absolute atomic E-state index is 0.146. The molecule has 1 saturated heterocycles. The Morgan fingerprint density at radius 2 is 1.92 bits per heavy atom. The molecule has 0 atom stereocenters. The number of anilines is 1. The number of piperidine rings is 1. The highest BCUT2D eigenvalue weighted by Crippen LogP contribution is 2.32. The first-order chi connectivity index (χ1) is 11.5. The van der Waals surface area contributed by atoms with E-state index in [-0.39, 0.29) is 17.7 Å². The largest absolute Gasteiger partial charge is 0.413 e. The van der Waals surface area contributed by atoms with E-state index in [1.807, 2.05) is 18.7 Å². The summed E-state index contributed by atoms with van der Waals surface area (Å²) >= 11 is 0. The van der Waals surface area contributed by atoms with Gasteiger partial charge in [0, 0.05) is 37.3 Å². The Morgan fingerprint density at radius 1 is 1.21 bits per heavy atom. The maximum Gasteiger partial charge on any atom is 0.388 e. The molecule has 0 bridgehead atoms. The molecule has 0 radical (unpaired) electrons. The summed E-state index contributed by atoms with van der Waals surface area (Å²) < 4.78 is 34.7. The van der Waals surface area contributed by atoms with Gasteiger partial charge in [-0.1, -0.05) is 19.0 Å². The summed E-state index contributed by atoms with van der Waals surface area (Å²) in [7, 11) is 0. The molecule has 3 heterocycles. The Hall–Kier alpha value is -2.32. The Bertz CT molecular complexity index is 671. The van der Waals surface area contributed by atoms with Crippen molar-refractivity contribution in [2.24, 2.45) is 0 Å². The van der Waals surface area contributed by atoms with Gasteiger partial charge in [0.1, 0.15) is 0 Å². The maximum absolute atomic E-state index is 12.5. The molecule has 1 aliphatic heterocycles. The van der Waals surface area contributed by atoms with Crippen molar-refractivity contribution in [2.75, 3.05) is 18.0 Å². The Morgan fingerprint density at radius 3 is 2.54 bits per heavy atom. The van der Waals surface area contributed by atoms with Crippen LogP contribution >= 0.6 is 0 Å². The van der Waals surface area contributed by atoms with Crippen molar-refractivity contribution in [2.45, 2.75) is 45.1 Å². The Kier molecular flexibility index (Phi) is 4.86. The molecule has 1 fully saturated rings. The van der Waals surface area contributed by atoms with Gasteiger partial charge in [-0.2, -0.15) is 13.8 Å². The van der Waals surface area contributed by atoms with Gasteiger partial charge < -0.3 is 14.2 Å². The summed E-state index contributed by atoms with van der Waals surface area (Å²) in [6.07, 6.45) is 4.36. The molecule has 0 unspecified atom stereocenters. The van der Waals surface area contributed by atoms with Crippen molar-refractivity contribution in [3.8, 4) is 5.88 Å². The summed E-state index contributed by atoms with van der Waals surface area (Å²) in [6.45, 7) is 2.34. The van der Waals surface area contributed by atoms with Crippen LogP contribution < -0.4 is 9.64 Å². The van der Waals surface area contributed by atoms with E-state index in [4.69, 9.17) is 4.52 Å². The number of hydrogen-bond donors (Lipinski definition) is 0.